The van der Waals surface area contributed by atoms with Crippen LogP contribution in [0.4, 0.5) is 0 Å². The van der Waals surface area contributed by atoms with Gasteiger partial charge in [0.1, 0.15) is 0 Å². The Labute approximate surface area is 75.5 Å². The van der Waals surface area contributed by atoms with E-state index >= 15 is 0 Å². The Morgan fingerprint density at radius 1 is 1.25 bits per heavy atom. The molecule has 1 fully saturated rings. The summed E-state index contributed by atoms with van der Waals surface area (Å²) in [6.07, 6.45) is 0. The number of hydrogen-bond acceptors (Lipinski definition) is 3. The molecule has 1 unspecified atom stereocenters. The first-order valence-electron chi connectivity index (χ1n) is 4.94. The van der Waals surface area contributed by atoms with Gasteiger partial charge in [-0.1, -0.05) is 6.92 Å². The maximum atomic E-state index is 5.61. The van der Waals surface area contributed by atoms with E-state index < -0.39 is 0 Å². The van der Waals surface area contributed by atoms with E-state index in [1.165, 1.54) is 32.7 Å². The van der Waals surface area contributed by atoms with Gasteiger partial charge in [-0.05, 0) is 13.5 Å². The highest BCUT2D eigenvalue weighted by Crippen LogP contribution is 2.04. The molecule has 12 heavy (non-hydrogen) atoms. The number of nitrogens with two attached hydrogens (primary N) is 1. The molecule has 2 N–H and O–H groups in total. The van der Waals surface area contributed by atoms with Crippen molar-refractivity contribution in [1.29, 1.82) is 0 Å². The summed E-state index contributed by atoms with van der Waals surface area (Å²) in [6.45, 7) is 11.2. The Hall–Kier alpha value is -0.120. The Balaban J connectivity index is 2.25. The fourth-order valence-electron chi connectivity index (χ4n) is 1.67. The van der Waals surface area contributed by atoms with Crippen molar-refractivity contribution in [2.75, 3.05) is 39.3 Å². The van der Waals surface area contributed by atoms with Crippen LogP contribution in [0.15, 0.2) is 0 Å². The van der Waals surface area contributed by atoms with Crippen LogP contribution >= 0.6 is 0 Å². The van der Waals surface area contributed by atoms with Crippen LogP contribution in [0.1, 0.15) is 13.8 Å². The summed E-state index contributed by atoms with van der Waals surface area (Å²) in [4.78, 5) is 4.96. The van der Waals surface area contributed by atoms with Crippen LogP contribution in [-0.2, 0) is 0 Å². The lowest BCUT2D eigenvalue weighted by Gasteiger charge is -2.37. The molecule has 1 saturated heterocycles. The SMILES string of the molecule is CCN1CCN(C(C)CN)CC1. The van der Waals surface area contributed by atoms with Crippen molar-refractivity contribution in [3.63, 3.8) is 0 Å². The van der Waals surface area contributed by atoms with Crippen LogP contribution in [-0.4, -0.2) is 55.1 Å². The van der Waals surface area contributed by atoms with Crippen molar-refractivity contribution in [1.82, 2.24) is 9.80 Å². The summed E-state index contributed by atoms with van der Waals surface area (Å²) in [5.74, 6) is 0. The van der Waals surface area contributed by atoms with Crippen molar-refractivity contribution in [3.8, 4) is 0 Å². The third kappa shape index (κ3) is 2.44. The zero-order valence-electron chi connectivity index (χ0n) is 8.29. The second kappa shape index (κ2) is 4.80. The Morgan fingerprint density at radius 2 is 1.83 bits per heavy atom. The smallest absolute Gasteiger partial charge is 0.0191 e. The summed E-state index contributed by atoms with van der Waals surface area (Å²) >= 11 is 0. The summed E-state index contributed by atoms with van der Waals surface area (Å²) in [5.41, 5.74) is 5.61. The largest absolute Gasteiger partial charge is 0.329 e. The molecule has 1 aliphatic heterocycles. The summed E-state index contributed by atoms with van der Waals surface area (Å²) < 4.78 is 0. The summed E-state index contributed by atoms with van der Waals surface area (Å²) in [6, 6.07) is 0.559. The molecule has 0 aliphatic carbocycles. The molecule has 1 heterocycles. The molecule has 72 valence electrons. The van der Waals surface area contributed by atoms with E-state index in [4.69, 9.17) is 5.73 Å². The molecule has 0 radical (unpaired) electrons. The highest BCUT2D eigenvalue weighted by molar-refractivity contribution is 4.75. The molecule has 1 rings (SSSR count). The first-order valence-corrected chi connectivity index (χ1v) is 4.94. The Kier molecular flexibility index (Phi) is 3.98. The van der Waals surface area contributed by atoms with Gasteiger partial charge in [-0.15, -0.1) is 0 Å². The first-order chi connectivity index (χ1) is 5.77. The van der Waals surface area contributed by atoms with Crippen molar-refractivity contribution in [2.24, 2.45) is 5.73 Å². The number of rotatable bonds is 3. The molecular formula is C9H21N3. The van der Waals surface area contributed by atoms with E-state index in [0.717, 1.165) is 6.54 Å². The van der Waals surface area contributed by atoms with Gasteiger partial charge in [0, 0.05) is 38.8 Å². The molecule has 3 nitrogen and oxygen atoms in total. The number of nitrogens with zero attached hydrogens (tertiary/aromatic N) is 2. The van der Waals surface area contributed by atoms with Crippen LogP contribution in [0, 0.1) is 0 Å². The van der Waals surface area contributed by atoms with Gasteiger partial charge in [-0.3, -0.25) is 4.90 Å². The minimum absolute atomic E-state index is 0.559. The first kappa shape index (κ1) is 9.96. The number of piperazine rings is 1. The van der Waals surface area contributed by atoms with Gasteiger partial charge >= 0.3 is 0 Å². The van der Waals surface area contributed by atoms with Crippen LogP contribution in [0.25, 0.3) is 0 Å². The van der Waals surface area contributed by atoms with E-state index in [9.17, 15) is 0 Å². The lowest BCUT2D eigenvalue weighted by Crippen LogP contribution is -2.51. The van der Waals surface area contributed by atoms with E-state index in [2.05, 4.69) is 23.6 Å². The molecular weight excluding hydrogens is 150 g/mol. The standard InChI is InChI=1S/C9H21N3/c1-3-11-4-6-12(7-5-11)9(2)8-10/h9H,3-8,10H2,1-2H3. The van der Waals surface area contributed by atoms with Gasteiger partial charge in [0.05, 0.1) is 0 Å². The van der Waals surface area contributed by atoms with Crippen molar-refractivity contribution < 1.29 is 0 Å². The van der Waals surface area contributed by atoms with Gasteiger partial charge < -0.3 is 10.6 Å². The Bertz CT molecular complexity index is 119. The van der Waals surface area contributed by atoms with Crippen molar-refractivity contribution in [2.45, 2.75) is 19.9 Å². The Morgan fingerprint density at radius 3 is 2.25 bits per heavy atom. The fourth-order valence-corrected chi connectivity index (χ4v) is 1.67. The van der Waals surface area contributed by atoms with E-state index in [-0.39, 0.29) is 0 Å². The molecule has 0 bridgehead atoms. The van der Waals surface area contributed by atoms with Crippen LogP contribution in [0.2, 0.25) is 0 Å². The van der Waals surface area contributed by atoms with Crippen molar-refractivity contribution >= 4 is 0 Å². The second-order valence-electron chi connectivity index (χ2n) is 3.55. The van der Waals surface area contributed by atoms with E-state index in [0.29, 0.717) is 6.04 Å². The molecule has 0 aromatic rings. The molecule has 1 aliphatic rings. The highest BCUT2D eigenvalue weighted by Gasteiger charge is 2.18. The highest BCUT2D eigenvalue weighted by atomic mass is 15.3. The predicted molar refractivity (Wildman–Crippen MR) is 52.2 cm³/mol. The molecule has 1 atom stereocenters. The average Bonchev–Trinajstić information content (AvgIpc) is 2.17. The molecule has 0 spiro atoms. The molecule has 0 amide bonds. The topological polar surface area (TPSA) is 32.5 Å². The molecule has 0 aromatic heterocycles. The predicted octanol–water partition coefficient (Wildman–Crippen LogP) is -0.0289. The normalized spacial score (nSPS) is 24.2. The van der Waals surface area contributed by atoms with Crippen LogP contribution in [0.3, 0.4) is 0 Å². The van der Waals surface area contributed by atoms with Gasteiger partial charge in [0.25, 0.3) is 0 Å². The third-order valence-corrected chi connectivity index (χ3v) is 2.82. The fraction of sp³-hybridized carbons (Fsp3) is 1.00. The zero-order chi connectivity index (χ0) is 8.97. The van der Waals surface area contributed by atoms with Gasteiger partial charge in [-0.25, -0.2) is 0 Å². The third-order valence-electron chi connectivity index (χ3n) is 2.82. The minimum atomic E-state index is 0.559. The maximum Gasteiger partial charge on any atom is 0.0191 e. The quantitative estimate of drug-likeness (QED) is 0.647. The minimum Gasteiger partial charge on any atom is -0.329 e. The number of likely N-dealkylation sites (N-methyl/N-ethyl adjacent to an activating group) is 1. The molecule has 0 aromatic carbocycles. The summed E-state index contributed by atoms with van der Waals surface area (Å²) in [5, 5.41) is 0. The lowest BCUT2D eigenvalue weighted by molar-refractivity contribution is 0.109. The van der Waals surface area contributed by atoms with Crippen LogP contribution in [0.5, 0.6) is 0 Å². The number of hydrogen-bond donors (Lipinski definition) is 1. The zero-order valence-corrected chi connectivity index (χ0v) is 8.29. The van der Waals surface area contributed by atoms with Crippen molar-refractivity contribution in [3.05, 3.63) is 0 Å². The lowest BCUT2D eigenvalue weighted by atomic mass is 10.2. The van der Waals surface area contributed by atoms with Crippen LogP contribution < -0.4 is 5.73 Å². The average molecular weight is 171 g/mol. The second-order valence-corrected chi connectivity index (χ2v) is 3.55. The summed E-state index contributed by atoms with van der Waals surface area (Å²) in [7, 11) is 0. The molecule has 0 saturated carbocycles. The molecule has 3 heteroatoms. The van der Waals surface area contributed by atoms with Gasteiger partial charge in [0.2, 0.25) is 0 Å². The van der Waals surface area contributed by atoms with E-state index in [1.807, 2.05) is 0 Å². The maximum absolute atomic E-state index is 5.61. The van der Waals surface area contributed by atoms with Gasteiger partial charge in [-0.2, -0.15) is 0 Å². The van der Waals surface area contributed by atoms with Gasteiger partial charge in [0.15, 0.2) is 0 Å². The van der Waals surface area contributed by atoms with E-state index in [1.54, 1.807) is 0 Å². The monoisotopic (exact) mass is 171 g/mol.